The van der Waals surface area contributed by atoms with Crippen LogP contribution < -0.4 is 10.6 Å². The first-order valence-corrected chi connectivity index (χ1v) is 7.42. The van der Waals surface area contributed by atoms with Crippen LogP contribution in [0.2, 0.25) is 0 Å². The molecule has 0 aromatic carbocycles. The number of likely N-dealkylation sites (tertiary alicyclic amines) is 1. The average molecular weight is 396 g/mol. The maximum absolute atomic E-state index is 5.78. The Balaban J connectivity index is 0.00000200. The molecule has 5 nitrogen and oxygen atoms in total. The van der Waals surface area contributed by atoms with Crippen molar-refractivity contribution in [3.8, 4) is 0 Å². The Morgan fingerprint density at radius 3 is 2.75 bits per heavy atom. The topological polar surface area (TPSA) is 48.9 Å². The van der Waals surface area contributed by atoms with Gasteiger partial charge < -0.3 is 20.3 Å². The van der Waals surface area contributed by atoms with E-state index in [1.807, 2.05) is 7.05 Å². The predicted octanol–water partition coefficient (Wildman–Crippen LogP) is 1.43. The summed E-state index contributed by atoms with van der Waals surface area (Å²) in [6, 6.07) is 0.636. The fraction of sp³-hybridized carbons (Fsp3) is 0.929. The normalized spacial score (nSPS) is 31.1. The largest absolute Gasteiger partial charge is 0.373 e. The lowest BCUT2D eigenvalue weighted by atomic mass is 10.0. The molecule has 0 spiro atoms. The van der Waals surface area contributed by atoms with Crippen molar-refractivity contribution >= 4 is 29.9 Å². The van der Waals surface area contributed by atoms with Gasteiger partial charge in [-0.25, -0.2) is 0 Å². The molecule has 0 amide bonds. The summed E-state index contributed by atoms with van der Waals surface area (Å²) in [5, 5.41) is 6.81. The molecule has 2 unspecified atom stereocenters. The zero-order valence-electron chi connectivity index (χ0n) is 12.9. The van der Waals surface area contributed by atoms with Crippen LogP contribution in [0.3, 0.4) is 0 Å². The van der Waals surface area contributed by atoms with Crippen molar-refractivity contribution in [1.82, 2.24) is 15.5 Å². The third-order valence-electron chi connectivity index (χ3n) is 4.33. The third-order valence-corrected chi connectivity index (χ3v) is 4.33. The highest BCUT2D eigenvalue weighted by Gasteiger charge is 2.29. The Kier molecular flexibility index (Phi) is 7.53. The monoisotopic (exact) mass is 396 g/mol. The van der Waals surface area contributed by atoms with Crippen LogP contribution in [0.25, 0.3) is 0 Å². The molecular weight excluding hydrogens is 367 g/mol. The molecule has 0 radical (unpaired) electrons. The number of guanidine groups is 1. The third kappa shape index (κ3) is 5.04. The van der Waals surface area contributed by atoms with Gasteiger partial charge in [0.2, 0.25) is 0 Å². The summed E-state index contributed by atoms with van der Waals surface area (Å²) in [4.78, 5) is 6.70. The van der Waals surface area contributed by atoms with Crippen molar-refractivity contribution in [2.24, 2.45) is 4.99 Å². The second kappa shape index (κ2) is 8.38. The van der Waals surface area contributed by atoms with E-state index in [1.165, 1.54) is 19.4 Å². The van der Waals surface area contributed by atoms with Crippen molar-refractivity contribution in [3.05, 3.63) is 0 Å². The zero-order valence-corrected chi connectivity index (χ0v) is 15.3. The molecule has 2 saturated heterocycles. The number of nitrogens with one attached hydrogen (secondary N) is 2. The van der Waals surface area contributed by atoms with Gasteiger partial charge in [-0.15, -0.1) is 24.0 Å². The molecule has 2 fully saturated rings. The van der Waals surface area contributed by atoms with E-state index < -0.39 is 0 Å². The van der Waals surface area contributed by atoms with Gasteiger partial charge in [0.15, 0.2) is 5.96 Å². The minimum atomic E-state index is -0.0260. The van der Waals surface area contributed by atoms with Crippen LogP contribution in [0, 0.1) is 0 Å². The number of hydrogen-bond acceptors (Lipinski definition) is 3. The molecule has 0 bridgehead atoms. The lowest BCUT2D eigenvalue weighted by molar-refractivity contribution is 0.0242. The van der Waals surface area contributed by atoms with Crippen molar-refractivity contribution in [2.75, 3.05) is 40.3 Å². The first-order chi connectivity index (χ1) is 9.13. The Morgan fingerprint density at radius 1 is 1.40 bits per heavy atom. The molecule has 6 heteroatoms. The molecule has 2 atom stereocenters. The van der Waals surface area contributed by atoms with Gasteiger partial charge in [0.25, 0.3) is 0 Å². The van der Waals surface area contributed by atoms with Gasteiger partial charge in [-0.2, -0.15) is 0 Å². The quantitative estimate of drug-likeness (QED) is 0.429. The number of likely N-dealkylation sites (N-methyl/N-ethyl adjacent to an activating group) is 1. The van der Waals surface area contributed by atoms with Gasteiger partial charge in [0.1, 0.15) is 0 Å². The summed E-state index contributed by atoms with van der Waals surface area (Å²) in [5.41, 5.74) is -0.0260. The molecule has 118 valence electrons. The zero-order chi connectivity index (χ0) is 13.7. The van der Waals surface area contributed by atoms with E-state index >= 15 is 0 Å². The molecule has 2 N–H and O–H groups in total. The van der Waals surface area contributed by atoms with E-state index in [1.54, 1.807) is 0 Å². The number of halogens is 1. The molecule has 2 heterocycles. The number of aliphatic imine (C=N–C) groups is 1. The molecule has 20 heavy (non-hydrogen) atoms. The molecule has 0 aliphatic carbocycles. The average Bonchev–Trinajstić information content (AvgIpc) is 3.00. The number of nitrogens with zero attached hydrogens (tertiary/aromatic N) is 2. The van der Waals surface area contributed by atoms with Crippen LogP contribution >= 0.6 is 24.0 Å². The van der Waals surface area contributed by atoms with Crippen molar-refractivity contribution in [2.45, 2.75) is 44.2 Å². The van der Waals surface area contributed by atoms with E-state index in [0.717, 1.165) is 38.5 Å². The molecule has 0 aromatic rings. The van der Waals surface area contributed by atoms with Crippen LogP contribution in [-0.4, -0.2) is 62.8 Å². The van der Waals surface area contributed by atoms with Crippen molar-refractivity contribution < 1.29 is 4.74 Å². The van der Waals surface area contributed by atoms with Crippen molar-refractivity contribution in [1.29, 1.82) is 0 Å². The van der Waals surface area contributed by atoms with Gasteiger partial charge in [-0.05, 0) is 46.2 Å². The predicted molar refractivity (Wildman–Crippen MR) is 94.0 cm³/mol. The maximum Gasteiger partial charge on any atom is 0.191 e. The van der Waals surface area contributed by atoms with Gasteiger partial charge in [-0.3, -0.25) is 4.99 Å². The van der Waals surface area contributed by atoms with Crippen LogP contribution in [0.15, 0.2) is 4.99 Å². The number of ether oxygens (including phenoxy) is 1. The molecular formula is C14H29IN4O. The smallest absolute Gasteiger partial charge is 0.191 e. The highest BCUT2D eigenvalue weighted by Crippen LogP contribution is 2.23. The Morgan fingerprint density at radius 2 is 2.20 bits per heavy atom. The lowest BCUT2D eigenvalue weighted by Crippen LogP contribution is -2.48. The minimum Gasteiger partial charge on any atom is -0.373 e. The van der Waals surface area contributed by atoms with E-state index in [9.17, 15) is 0 Å². The van der Waals surface area contributed by atoms with Crippen LogP contribution in [0.1, 0.15) is 32.6 Å². The summed E-state index contributed by atoms with van der Waals surface area (Å²) in [7, 11) is 4.02. The van der Waals surface area contributed by atoms with Gasteiger partial charge in [0.05, 0.1) is 5.60 Å². The molecule has 0 aromatic heterocycles. The minimum absolute atomic E-state index is 0. The van der Waals surface area contributed by atoms with Gasteiger partial charge >= 0.3 is 0 Å². The van der Waals surface area contributed by atoms with E-state index in [2.05, 4.69) is 34.5 Å². The fourth-order valence-corrected chi connectivity index (χ4v) is 2.92. The van der Waals surface area contributed by atoms with E-state index in [0.29, 0.717) is 6.04 Å². The Bertz CT molecular complexity index is 318. The first-order valence-electron chi connectivity index (χ1n) is 7.42. The first kappa shape index (κ1) is 18.0. The lowest BCUT2D eigenvalue weighted by Gasteiger charge is -2.26. The Hall–Kier alpha value is -0.0800. The van der Waals surface area contributed by atoms with E-state index in [-0.39, 0.29) is 29.6 Å². The number of hydrogen-bond donors (Lipinski definition) is 2. The molecule has 0 saturated carbocycles. The summed E-state index contributed by atoms with van der Waals surface area (Å²) in [5.74, 6) is 0.886. The van der Waals surface area contributed by atoms with Crippen molar-refractivity contribution in [3.63, 3.8) is 0 Å². The van der Waals surface area contributed by atoms with Crippen LogP contribution in [0.5, 0.6) is 0 Å². The number of rotatable bonds is 4. The summed E-state index contributed by atoms with van der Waals surface area (Å²) in [6.07, 6.45) is 4.88. The fourth-order valence-electron chi connectivity index (χ4n) is 2.92. The Labute approximate surface area is 139 Å². The molecule has 2 rings (SSSR count). The second-order valence-corrected chi connectivity index (χ2v) is 5.99. The summed E-state index contributed by atoms with van der Waals surface area (Å²) in [6.45, 7) is 6.06. The summed E-state index contributed by atoms with van der Waals surface area (Å²) < 4.78 is 5.78. The van der Waals surface area contributed by atoms with Crippen LogP contribution in [-0.2, 0) is 4.74 Å². The van der Waals surface area contributed by atoms with Gasteiger partial charge in [-0.1, -0.05) is 0 Å². The SMILES string of the molecule is CN=C(NCC1CCCN1C)NCC1(C)CCCO1.I. The molecule has 2 aliphatic heterocycles. The standard InChI is InChI=1S/C14H28N4O.HI/c1-14(7-5-9-19-14)11-17-13(15-2)16-10-12-6-4-8-18(12)3;/h12H,4-11H2,1-3H3,(H2,15,16,17);1H. The molecule has 2 aliphatic rings. The van der Waals surface area contributed by atoms with Crippen LogP contribution in [0.4, 0.5) is 0 Å². The van der Waals surface area contributed by atoms with Gasteiger partial charge in [0, 0.05) is 32.8 Å². The van der Waals surface area contributed by atoms with E-state index in [4.69, 9.17) is 4.74 Å². The maximum atomic E-state index is 5.78. The summed E-state index contributed by atoms with van der Waals surface area (Å²) >= 11 is 0. The second-order valence-electron chi connectivity index (χ2n) is 5.99. The highest BCUT2D eigenvalue weighted by molar-refractivity contribution is 14.0. The highest BCUT2D eigenvalue weighted by atomic mass is 127.